The molecular formula is C5H5N3O. The van der Waals surface area contributed by atoms with E-state index in [-0.39, 0.29) is 0 Å². The fourth-order valence-electron chi connectivity index (χ4n) is 0.689. The number of hydrogen-bond acceptors (Lipinski definition) is 4. The zero-order valence-corrected chi connectivity index (χ0v) is 4.61. The quantitative estimate of drug-likeness (QED) is 0.497. The Kier molecular flexibility index (Phi) is 0.745. The van der Waals surface area contributed by atoms with E-state index in [2.05, 4.69) is 10.6 Å². The molecular weight excluding hydrogens is 118 g/mol. The van der Waals surface area contributed by atoms with E-state index < -0.39 is 0 Å². The Morgan fingerprint density at radius 3 is 3.56 bits per heavy atom. The number of hydrogen-bond donors (Lipinski definition) is 1. The summed E-state index contributed by atoms with van der Waals surface area (Å²) < 4.78 is 4.87. The van der Waals surface area contributed by atoms with Crippen LogP contribution in [0.2, 0.25) is 0 Å². The van der Waals surface area contributed by atoms with Crippen LogP contribution in [-0.2, 0) is 4.74 Å². The normalized spacial score (nSPS) is 20.4. The van der Waals surface area contributed by atoms with Gasteiger partial charge in [0.25, 0.3) is 0 Å². The zero-order valence-electron chi connectivity index (χ0n) is 4.61. The number of ether oxygens (including phenoxy) is 1. The van der Waals surface area contributed by atoms with Crippen LogP contribution in [0.5, 0.6) is 0 Å². The topological polar surface area (TPSA) is 36.9 Å². The number of allylic oxidation sites excluding steroid dienone is 1. The van der Waals surface area contributed by atoms with Crippen molar-refractivity contribution >= 4 is 6.21 Å². The molecule has 2 aliphatic heterocycles. The molecule has 0 radical (unpaired) electrons. The standard InChI is InChI=1S/C5H5N3O/c1-2-9-4-5-3-6-7-8(1)5/h1-4,7H. The van der Waals surface area contributed by atoms with E-state index in [9.17, 15) is 0 Å². The predicted molar refractivity (Wildman–Crippen MR) is 31.8 cm³/mol. The van der Waals surface area contributed by atoms with Crippen molar-refractivity contribution in [1.29, 1.82) is 0 Å². The van der Waals surface area contributed by atoms with Crippen molar-refractivity contribution in [2.75, 3.05) is 0 Å². The average Bonchev–Trinajstić information content (AvgIpc) is 2.33. The summed E-state index contributed by atoms with van der Waals surface area (Å²) in [5.41, 5.74) is 3.64. The summed E-state index contributed by atoms with van der Waals surface area (Å²) in [7, 11) is 0. The monoisotopic (exact) mass is 123 g/mol. The molecule has 1 N–H and O–H groups in total. The van der Waals surface area contributed by atoms with E-state index in [1.165, 1.54) is 0 Å². The lowest BCUT2D eigenvalue weighted by molar-refractivity contribution is 0.303. The van der Waals surface area contributed by atoms with Gasteiger partial charge >= 0.3 is 0 Å². The number of nitrogens with one attached hydrogen (secondary N) is 1. The molecule has 9 heavy (non-hydrogen) atoms. The summed E-state index contributed by atoms with van der Waals surface area (Å²) >= 11 is 0. The summed E-state index contributed by atoms with van der Waals surface area (Å²) in [6.07, 6.45) is 6.63. The van der Waals surface area contributed by atoms with Crippen LogP contribution in [0.3, 0.4) is 0 Å². The first-order valence-electron chi connectivity index (χ1n) is 2.57. The molecule has 0 bridgehead atoms. The first-order chi connectivity index (χ1) is 4.47. The molecule has 4 heteroatoms. The Morgan fingerprint density at radius 2 is 2.67 bits per heavy atom. The van der Waals surface area contributed by atoms with Gasteiger partial charge in [-0.3, -0.25) is 0 Å². The van der Waals surface area contributed by atoms with Gasteiger partial charge in [-0.2, -0.15) is 5.10 Å². The number of hydrazone groups is 1. The maximum Gasteiger partial charge on any atom is 0.119 e. The van der Waals surface area contributed by atoms with Crippen molar-refractivity contribution in [2.24, 2.45) is 5.10 Å². The molecule has 0 aromatic heterocycles. The van der Waals surface area contributed by atoms with Gasteiger partial charge in [-0.25, -0.2) is 10.5 Å². The van der Waals surface area contributed by atoms with Crippen LogP contribution in [0.4, 0.5) is 0 Å². The molecule has 0 atom stereocenters. The fraction of sp³-hybridized carbons (Fsp3) is 0. The van der Waals surface area contributed by atoms with E-state index in [1.807, 2.05) is 0 Å². The van der Waals surface area contributed by atoms with E-state index in [0.29, 0.717) is 0 Å². The summed E-state index contributed by atoms with van der Waals surface area (Å²) in [6, 6.07) is 0. The molecule has 0 aliphatic carbocycles. The van der Waals surface area contributed by atoms with E-state index >= 15 is 0 Å². The van der Waals surface area contributed by atoms with E-state index in [4.69, 9.17) is 4.74 Å². The Balaban J connectivity index is 2.29. The molecule has 2 rings (SSSR count). The Hall–Kier alpha value is -1.45. The molecule has 2 aliphatic rings. The molecule has 46 valence electrons. The highest BCUT2D eigenvalue weighted by Crippen LogP contribution is 2.08. The smallest absolute Gasteiger partial charge is 0.119 e. The Labute approximate surface area is 52.1 Å². The van der Waals surface area contributed by atoms with Crippen molar-refractivity contribution in [1.82, 2.24) is 10.5 Å². The first-order valence-corrected chi connectivity index (χ1v) is 2.57. The minimum absolute atomic E-state index is 0.914. The van der Waals surface area contributed by atoms with Gasteiger partial charge in [-0.1, -0.05) is 0 Å². The molecule has 2 heterocycles. The Bertz CT molecular complexity index is 206. The third kappa shape index (κ3) is 0.561. The maximum atomic E-state index is 4.87. The molecule has 0 amide bonds. The maximum absolute atomic E-state index is 4.87. The molecule has 0 unspecified atom stereocenters. The lowest BCUT2D eigenvalue weighted by Crippen LogP contribution is -2.23. The largest absolute Gasteiger partial charge is 0.469 e. The second-order valence-electron chi connectivity index (χ2n) is 1.69. The third-order valence-corrected chi connectivity index (χ3v) is 1.12. The van der Waals surface area contributed by atoms with Gasteiger partial charge < -0.3 is 4.74 Å². The average molecular weight is 123 g/mol. The summed E-state index contributed by atoms with van der Waals surface area (Å²) in [5.74, 6) is 0. The number of nitrogens with zero attached hydrogens (tertiary/aromatic N) is 2. The van der Waals surface area contributed by atoms with Gasteiger partial charge in [0.2, 0.25) is 0 Å². The molecule has 0 saturated carbocycles. The molecule has 4 nitrogen and oxygen atoms in total. The van der Waals surface area contributed by atoms with Crippen LogP contribution in [0.1, 0.15) is 0 Å². The number of hydrazine groups is 1. The van der Waals surface area contributed by atoms with Crippen molar-refractivity contribution in [3.8, 4) is 0 Å². The predicted octanol–water partition coefficient (Wildman–Crippen LogP) is 0.135. The van der Waals surface area contributed by atoms with Crippen LogP contribution < -0.4 is 5.53 Å². The zero-order chi connectivity index (χ0) is 6.10. The van der Waals surface area contributed by atoms with Crippen LogP contribution in [0.15, 0.2) is 29.5 Å². The lowest BCUT2D eigenvalue weighted by Gasteiger charge is -2.14. The van der Waals surface area contributed by atoms with E-state index in [1.54, 1.807) is 29.9 Å². The van der Waals surface area contributed by atoms with Crippen molar-refractivity contribution in [3.05, 3.63) is 24.4 Å². The highest BCUT2D eigenvalue weighted by atomic mass is 16.5. The number of fused-ring (bicyclic) bond motifs is 1. The molecule has 0 aromatic rings. The third-order valence-electron chi connectivity index (χ3n) is 1.12. The van der Waals surface area contributed by atoms with Crippen LogP contribution in [0, 0.1) is 0 Å². The Morgan fingerprint density at radius 1 is 1.67 bits per heavy atom. The van der Waals surface area contributed by atoms with Gasteiger partial charge in [-0.15, -0.1) is 0 Å². The summed E-state index contributed by atoms with van der Waals surface area (Å²) in [4.78, 5) is 0. The lowest BCUT2D eigenvalue weighted by atomic mass is 10.5. The van der Waals surface area contributed by atoms with Gasteiger partial charge in [0.05, 0.1) is 12.4 Å². The van der Waals surface area contributed by atoms with E-state index in [0.717, 1.165) is 5.70 Å². The highest BCUT2D eigenvalue weighted by molar-refractivity contribution is 5.79. The minimum Gasteiger partial charge on any atom is -0.469 e. The van der Waals surface area contributed by atoms with Gasteiger partial charge in [0.1, 0.15) is 18.2 Å². The van der Waals surface area contributed by atoms with Crippen LogP contribution in [-0.4, -0.2) is 11.2 Å². The van der Waals surface area contributed by atoms with Crippen molar-refractivity contribution in [2.45, 2.75) is 0 Å². The van der Waals surface area contributed by atoms with Crippen molar-refractivity contribution in [3.63, 3.8) is 0 Å². The van der Waals surface area contributed by atoms with Gasteiger partial charge in [0, 0.05) is 0 Å². The molecule has 0 saturated heterocycles. The van der Waals surface area contributed by atoms with Crippen LogP contribution >= 0.6 is 0 Å². The van der Waals surface area contributed by atoms with Crippen LogP contribution in [0.25, 0.3) is 0 Å². The summed E-state index contributed by atoms with van der Waals surface area (Å²) in [5, 5.41) is 5.53. The minimum atomic E-state index is 0.914. The summed E-state index contributed by atoms with van der Waals surface area (Å²) in [6.45, 7) is 0. The SMILES string of the molecule is C1=CN2NN=CC2=CO1. The fourth-order valence-corrected chi connectivity index (χ4v) is 0.689. The second-order valence-corrected chi connectivity index (χ2v) is 1.69. The van der Waals surface area contributed by atoms with Gasteiger partial charge in [0.15, 0.2) is 0 Å². The molecule has 0 aromatic carbocycles. The second kappa shape index (κ2) is 1.51. The molecule has 0 fully saturated rings. The highest BCUT2D eigenvalue weighted by Gasteiger charge is 2.11. The molecule has 0 spiro atoms. The van der Waals surface area contributed by atoms with Gasteiger partial charge in [-0.05, 0) is 0 Å². The first kappa shape index (κ1) is 4.43. The van der Waals surface area contributed by atoms with Crippen molar-refractivity contribution < 1.29 is 4.74 Å². The number of rotatable bonds is 0.